The van der Waals surface area contributed by atoms with E-state index in [9.17, 15) is 13.2 Å². The minimum Gasteiger partial charge on any atom is -0.741 e. The molecule has 0 spiro atoms. The second-order valence-corrected chi connectivity index (χ2v) is 13.2. The lowest BCUT2D eigenvalue weighted by atomic mass is 9.68. The van der Waals surface area contributed by atoms with Gasteiger partial charge in [0.25, 0.3) is 0 Å². The van der Waals surface area contributed by atoms with Crippen LogP contribution in [0.15, 0.2) is 0 Å². The Morgan fingerprint density at radius 2 is 1.29 bits per heavy atom. The quantitative estimate of drug-likeness (QED) is 0.213. The molecule has 0 N–H and O–H groups in total. The molecule has 0 bridgehead atoms. The van der Waals surface area contributed by atoms with Crippen LogP contribution in [-0.4, -0.2) is 30.0 Å². The average Bonchev–Trinajstić information content (AvgIpc) is 2.73. The summed E-state index contributed by atoms with van der Waals surface area (Å²) in [7, 11) is -6.09. The van der Waals surface area contributed by atoms with Crippen LogP contribution < -0.4 is 0 Å². The van der Waals surface area contributed by atoms with Crippen LogP contribution >= 0.6 is 23.5 Å². The van der Waals surface area contributed by atoms with Crippen molar-refractivity contribution in [3.63, 3.8) is 0 Å². The Bertz CT molecular complexity index is 591. The number of alkyl halides is 3. The first-order valence-corrected chi connectivity index (χ1v) is 15.1. The number of rotatable bonds is 6. The molecule has 3 aliphatic rings. The van der Waals surface area contributed by atoms with Crippen molar-refractivity contribution in [3.05, 3.63) is 4.58 Å². The van der Waals surface area contributed by atoms with Crippen LogP contribution in [0, 0.1) is 28.3 Å². The molecule has 182 valence electrons. The Morgan fingerprint density at radius 1 is 0.871 bits per heavy atom. The van der Waals surface area contributed by atoms with Crippen molar-refractivity contribution < 1.29 is 26.1 Å². The van der Waals surface area contributed by atoms with E-state index in [0.29, 0.717) is 0 Å². The standard InChI is InChI=1S/C21H37S2.CHF3O3S/c1-2-4-17-5-10-19(11-6-17)20-12-7-18(8-13-20)9-14-21-22-15-3-16-23-21;2-1(3,4)8(5,6)7/h17-20H,2-16H2,1H3;(H,5,6,7)/q+1;/p-1/t17-,18-,19-,20-;. The Hall–Kier alpha value is 0.270. The summed E-state index contributed by atoms with van der Waals surface area (Å²) in [5, 5.41) is 0. The Labute approximate surface area is 195 Å². The molecule has 9 heteroatoms. The van der Waals surface area contributed by atoms with Gasteiger partial charge in [-0.3, -0.25) is 0 Å². The third-order valence-electron chi connectivity index (χ3n) is 7.00. The van der Waals surface area contributed by atoms with Crippen LogP contribution in [0.5, 0.6) is 0 Å². The van der Waals surface area contributed by atoms with Gasteiger partial charge in [-0.2, -0.15) is 13.2 Å². The van der Waals surface area contributed by atoms with E-state index >= 15 is 0 Å². The van der Waals surface area contributed by atoms with E-state index in [-0.39, 0.29) is 0 Å². The normalized spacial score (nSPS) is 30.4. The predicted molar refractivity (Wildman–Crippen MR) is 124 cm³/mol. The van der Waals surface area contributed by atoms with Gasteiger partial charge < -0.3 is 4.55 Å². The summed E-state index contributed by atoms with van der Waals surface area (Å²) in [6.07, 6.45) is 19.6. The Kier molecular flexibility index (Phi) is 11.7. The van der Waals surface area contributed by atoms with Crippen molar-refractivity contribution in [1.82, 2.24) is 0 Å². The van der Waals surface area contributed by atoms with E-state index in [4.69, 9.17) is 13.0 Å². The molecule has 0 unspecified atom stereocenters. The number of hydrogen-bond acceptors (Lipinski definition) is 5. The van der Waals surface area contributed by atoms with Gasteiger partial charge in [0.1, 0.15) is 6.42 Å². The van der Waals surface area contributed by atoms with E-state index in [2.05, 4.69) is 30.4 Å². The van der Waals surface area contributed by atoms with Crippen molar-refractivity contribution in [2.75, 3.05) is 11.5 Å². The molecule has 2 aliphatic carbocycles. The highest BCUT2D eigenvalue weighted by atomic mass is 32.2. The van der Waals surface area contributed by atoms with E-state index in [0.717, 1.165) is 23.7 Å². The topological polar surface area (TPSA) is 57.2 Å². The molecule has 1 saturated heterocycles. The van der Waals surface area contributed by atoms with Gasteiger partial charge in [0.05, 0.1) is 23.5 Å². The average molecular weight is 503 g/mol. The lowest BCUT2D eigenvalue weighted by molar-refractivity contribution is -0.0517. The largest absolute Gasteiger partial charge is 0.741 e. The lowest BCUT2D eigenvalue weighted by Gasteiger charge is -2.37. The highest BCUT2D eigenvalue weighted by molar-refractivity contribution is 8.21. The highest BCUT2D eigenvalue weighted by Gasteiger charge is 2.37. The van der Waals surface area contributed by atoms with Gasteiger partial charge >= 0.3 is 5.51 Å². The van der Waals surface area contributed by atoms with Crippen LogP contribution in [0.3, 0.4) is 0 Å². The van der Waals surface area contributed by atoms with E-state index < -0.39 is 15.6 Å². The summed E-state index contributed by atoms with van der Waals surface area (Å²) >= 11 is 4.32. The van der Waals surface area contributed by atoms with Gasteiger partial charge in [-0.1, -0.05) is 45.4 Å². The van der Waals surface area contributed by atoms with Crippen molar-refractivity contribution >= 4 is 33.6 Å². The molecule has 0 aromatic carbocycles. The number of halogens is 3. The number of thioether (sulfide) groups is 2. The molecule has 0 atom stereocenters. The molecule has 31 heavy (non-hydrogen) atoms. The zero-order chi connectivity index (χ0) is 22.9. The van der Waals surface area contributed by atoms with E-state index in [1.807, 2.05) is 0 Å². The molecule has 0 aromatic rings. The van der Waals surface area contributed by atoms with Crippen LogP contribution in [0.4, 0.5) is 13.2 Å². The highest BCUT2D eigenvalue weighted by Crippen LogP contribution is 2.45. The molecule has 0 aromatic heterocycles. The molecular formula is C22H37F3O3S3. The van der Waals surface area contributed by atoms with Gasteiger partial charge in [0.2, 0.25) is 4.58 Å². The van der Waals surface area contributed by atoms with Crippen molar-refractivity contribution in [3.8, 4) is 0 Å². The second-order valence-electron chi connectivity index (χ2n) is 9.21. The molecule has 1 aliphatic heterocycles. The van der Waals surface area contributed by atoms with Crippen LogP contribution in [0.1, 0.15) is 90.4 Å². The first kappa shape index (κ1) is 27.5. The first-order chi connectivity index (χ1) is 14.6. The fourth-order valence-corrected chi connectivity index (χ4v) is 7.82. The minimum absolute atomic E-state index is 1.05. The van der Waals surface area contributed by atoms with Gasteiger partial charge in [-0.25, -0.2) is 8.42 Å². The Balaban J connectivity index is 0.000000366. The minimum atomic E-state index is -6.09. The van der Waals surface area contributed by atoms with Gasteiger partial charge in [-0.15, -0.1) is 0 Å². The molecule has 3 fully saturated rings. The molecule has 2 saturated carbocycles. The predicted octanol–water partition coefficient (Wildman–Crippen LogP) is 7.59. The summed E-state index contributed by atoms with van der Waals surface area (Å²) in [4.78, 5) is 0. The fourth-order valence-electron chi connectivity index (χ4n) is 5.24. The molecule has 0 radical (unpaired) electrons. The van der Waals surface area contributed by atoms with Crippen LogP contribution in [-0.2, 0) is 10.1 Å². The number of hydrogen-bond donors (Lipinski definition) is 0. The molecule has 3 nitrogen and oxygen atoms in total. The summed E-state index contributed by atoms with van der Waals surface area (Å²) in [5.74, 6) is 7.10. The summed E-state index contributed by atoms with van der Waals surface area (Å²) in [5.41, 5.74) is -5.65. The maximum absolute atomic E-state index is 10.7. The zero-order valence-corrected chi connectivity index (χ0v) is 20.9. The molecular weight excluding hydrogens is 465 g/mol. The van der Waals surface area contributed by atoms with Gasteiger partial charge in [0.15, 0.2) is 10.1 Å². The van der Waals surface area contributed by atoms with Crippen molar-refractivity contribution in [1.29, 1.82) is 0 Å². The summed E-state index contributed by atoms with van der Waals surface area (Å²) < 4.78 is 60.7. The summed E-state index contributed by atoms with van der Waals surface area (Å²) in [6.45, 7) is 2.36. The summed E-state index contributed by atoms with van der Waals surface area (Å²) in [6, 6.07) is 0. The van der Waals surface area contributed by atoms with Crippen molar-refractivity contribution in [2.45, 2.75) is 95.9 Å². The maximum Gasteiger partial charge on any atom is 0.485 e. The van der Waals surface area contributed by atoms with Gasteiger partial charge in [-0.05, 0) is 62.2 Å². The maximum atomic E-state index is 10.7. The van der Waals surface area contributed by atoms with Crippen LogP contribution in [0.25, 0.3) is 0 Å². The lowest BCUT2D eigenvalue weighted by Crippen LogP contribution is -2.26. The van der Waals surface area contributed by atoms with Crippen LogP contribution in [0.2, 0.25) is 0 Å². The molecule has 1 heterocycles. The molecule has 3 rings (SSSR count). The zero-order valence-electron chi connectivity index (χ0n) is 18.5. The third kappa shape index (κ3) is 9.97. The smallest absolute Gasteiger partial charge is 0.485 e. The second kappa shape index (κ2) is 13.2. The van der Waals surface area contributed by atoms with E-state index in [1.165, 1.54) is 43.6 Å². The Morgan fingerprint density at radius 3 is 1.68 bits per heavy atom. The first-order valence-electron chi connectivity index (χ1n) is 11.7. The third-order valence-corrected chi connectivity index (χ3v) is 10.3. The SMILES string of the molecule is CCC[C@H]1CC[C@H]([C@H]2CC[C@H](CC[C+]3SCCCS3)CC2)CC1.O=S(=O)([O-])C(F)(F)F. The van der Waals surface area contributed by atoms with Crippen molar-refractivity contribution in [2.24, 2.45) is 23.7 Å². The monoisotopic (exact) mass is 502 g/mol. The van der Waals surface area contributed by atoms with Gasteiger partial charge in [0, 0.05) is 11.5 Å². The fraction of sp³-hybridized carbons (Fsp3) is 0.955. The molecule has 0 amide bonds. The van der Waals surface area contributed by atoms with E-state index in [1.54, 1.807) is 55.9 Å².